The highest BCUT2D eigenvalue weighted by Crippen LogP contribution is 2.32. The van der Waals surface area contributed by atoms with E-state index in [4.69, 9.17) is 22.2 Å². The monoisotopic (exact) mass is 457 g/mol. The Morgan fingerprint density at radius 2 is 2.13 bits per heavy atom. The SMILES string of the molecule is CCCSc1nc(NCCNC(=S)Nc2cccnc2)c2nnn(C3CCCC3)c2n1. The summed E-state index contributed by atoms with van der Waals surface area (Å²) < 4.78 is 2.00. The average Bonchev–Trinajstić information content (AvgIpc) is 3.45. The van der Waals surface area contributed by atoms with Crippen molar-refractivity contribution in [1.82, 2.24) is 35.3 Å². The third kappa shape index (κ3) is 5.59. The van der Waals surface area contributed by atoms with Crippen LogP contribution in [-0.2, 0) is 0 Å². The first-order valence-electron chi connectivity index (χ1n) is 10.7. The highest BCUT2D eigenvalue weighted by molar-refractivity contribution is 7.99. The van der Waals surface area contributed by atoms with Crippen LogP contribution in [0, 0.1) is 0 Å². The smallest absolute Gasteiger partial charge is 0.191 e. The predicted molar refractivity (Wildman–Crippen MR) is 129 cm³/mol. The molecule has 0 saturated heterocycles. The first-order chi connectivity index (χ1) is 15.2. The van der Waals surface area contributed by atoms with E-state index >= 15 is 0 Å². The molecule has 1 aliphatic carbocycles. The van der Waals surface area contributed by atoms with E-state index < -0.39 is 0 Å². The largest absolute Gasteiger partial charge is 0.366 e. The number of hydrogen-bond acceptors (Lipinski definition) is 8. The van der Waals surface area contributed by atoms with Crippen molar-refractivity contribution in [2.75, 3.05) is 29.5 Å². The molecule has 3 heterocycles. The zero-order valence-electron chi connectivity index (χ0n) is 17.5. The molecule has 3 N–H and O–H groups in total. The second-order valence-corrected chi connectivity index (χ2v) is 8.87. The van der Waals surface area contributed by atoms with Gasteiger partial charge < -0.3 is 16.0 Å². The number of rotatable bonds is 9. The molecule has 0 atom stereocenters. The number of thiocarbonyl (C=S) groups is 1. The second kappa shape index (κ2) is 10.7. The summed E-state index contributed by atoms with van der Waals surface area (Å²) >= 11 is 7.01. The lowest BCUT2D eigenvalue weighted by atomic mass is 10.2. The summed E-state index contributed by atoms with van der Waals surface area (Å²) in [4.78, 5) is 13.6. The van der Waals surface area contributed by atoms with E-state index in [-0.39, 0.29) is 0 Å². The minimum absolute atomic E-state index is 0.384. The molecule has 0 spiro atoms. The third-order valence-electron chi connectivity index (χ3n) is 5.03. The molecular formula is C20H27N9S2. The van der Waals surface area contributed by atoms with Crippen molar-refractivity contribution in [3.05, 3.63) is 24.5 Å². The zero-order valence-corrected chi connectivity index (χ0v) is 19.2. The van der Waals surface area contributed by atoms with Crippen molar-refractivity contribution in [3.63, 3.8) is 0 Å². The van der Waals surface area contributed by atoms with Gasteiger partial charge in [0.15, 0.2) is 27.3 Å². The Kier molecular flexibility index (Phi) is 7.47. The molecule has 0 aromatic carbocycles. The molecular weight excluding hydrogens is 430 g/mol. The molecule has 31 heavy (non-hydrogen) atoms. The fourth-order valence-electron chi connectivity index (χ4n) is 3.55. The molecule has 3 aromatic heterocycles. The van der Waals surface area contributed by atoms with Gasteiger partial charge in [0.2, 0.25) is 0 Å². The van der Waals surface area contributed by atoms with Crippen LogP contribution >= 0.6 is 24.0 Å². The van der Waals surface area contributed by atoms with E-state index in [2.05, 4.69) is 38.2 Å². The molecule has 0 unspecified atom stereocenters. The topological polar surface area (TPSA) is 105 Å². The van der Waals surface area contributed by atoms with Crippen LogP contribution < -0.4 is 16.0 Å². The van der Waals surface area contributed by atoms with Crippen molar-refractivity contribution < 1.29 is 0 Å². The van der Waals surface area contributed by atoms with E-state index in [0.717, 1.165) is 52.8 Å². The van der Waals surface area contributed by atoms with Crippen LogP contribution in [0.2, 0.25) is 0 Å². The Bertz CT molecular complexity index is 1000. The van der Waals surface area contributed by atoms with E-state index in [0.29, 0.717) is 24.2 Å². The number of pyridine rings is 1. The summed E-state index contributed by atoms with van der Waals surface area (Å²) in [6.45, 7) is 3.42. The van der Waals surface area contributed by atoms with Gasteiger partial charge in [-0.1, -0.05) is 36.7 Å². The molecule has 0 radical (unpaired) electrons. The summed E-state index contributed by atoms with van der Waals surface area (Å²) in [5, 5.41) is 19.8. The standard InChI is InChI=1S/C20H27N9S2/c1-2-12-31-20-25-17(16-18(26-20)29(28-27-16)15-7-3-4-8-15)22-10-11-23-19(30)24-14-6-5-9-21-13-14/h5-6,9,13,15H,2-4,7-8,10-12H2,1H3,(H,22,25,26)(H2,23,24,30). The van der Waals surface area contributed by atoms with Crippen molar-refractivity contribution in [2.24, 2.45) is 0 Å². The van der Waals surface area contributed by atoms with E-state index in [1.54, 1.807) is 24.2 Å². The molecule has 4 rings (SSSR count). The van der Waals surface area contributed by atoms with Gasteiger partial charge >= 0.3 is 0 Å². The van der Waals surface area contributed by atoms with Crippen LogP contribution in [0.1, 0.15) is 45.1 Å². The van der Waals surface area contributed by atoms with E-state index in [9.17, 15) is 0 Å². The lowest BCUT2D eigenvalue weighted by Crippen LogP contribution is -2.32. The van der Waals surface area contributed by atoms with E-state index in [1.165, 1.54) is 12.8 Å². The fourth-order valence-corrected chi connectivity index (χ4v) is 4.47. The number of nitrogens with one attached hydrogen (secondary N) is 3. The van der Waals surface area contributed by atoms with Gasteiger partial charge in [-0.2, -0.15) is 0 Å². The molecule has 1 fully saturated rings. The molecule has 11 heteroatoms. The lowest BCUT2D eigenvalue weighted by molar-refractivity contribution is 0.463. The second-order valence-electron chi connectivity index (χ2n) is 7.40. The van der Waals surface area contributed by atoms with Crippen LogP contribution in [0.5, 0.6) is 0 Å². The summed E-state index contributed by atoms with van der Waals surface area (Å²) in [5.74, 6) is 1.70. The maximum absolute atomic E-state index is 5.34. The molecule has 9 nitrogen and oxygen atoms in total. The lowest BCUT2D eigenvalue weighted by Gasteiger charge is -2.12. The maximum atomic E-state index is 5.34. The Labute approximate surface area is 191 Å². The maximum Gasteiger partial charge on any atom is 0.191 e. The van der Waals surface area contributed by atoms with Crippen molar-refractivity contribution in [1.29, 1.82) is 0 Å². The highest BCUT2D eigenvalue weighted by atomic mass is 32.2. The Balaban J connectivity index is 1.41. The number of anilines is 2. The van der Waals surface area contributed by atoms with Gasteiger partial charge in [0, 0.05) is 25.0 Å². The first-order valence-corrected chi connectivity index (χ1v) is 12.1. The minimum atomic E-state index is 0.384. The molecule has 0 amide bonds. The van der Waals surface area contributed by atoms with Crippen LogP contribution in [0.4, 0.5) is 11.5 Å². The number of fused-ring (bicyclic) bond motifs is 1. The van der Waals surface area contributed by atoms with Crippen LogP contribution in [0.3, 0.4) is 0 Å². The Morgan fingerprint density at radius 3 is 2.90 bits per heavy atom. The molecule has 3 aromatic rings. The van der Waals surface area contributed by atoms with Crippen molar-refractivity contribution in [3.8, 4) is 0 Å². The summed E-state index contributed by atoms with van der Waals surface area (Å²) in [7, 11) is 0. The number of hydrogen-bond donors (Lipinski definition) is 3. The van der Waals surface area contributed by atoms with Crippen LogP contribution in [0.25, 0.3) is 11.2 Å². The molecule has 164 valence electrons. The quantitative estimate of drug-likeness (QED) is 0.191. The van der Waals surface area contributed by atoms with E-state index in [1.807, 2.05) is 16.8 Å². The van der Waals surface area contributed by atoms with Gasteiger partial charge in [-0.25, -0.2) is 14.6 Å². The molecule has 0 aliphatic heterocycles. The van der Waals surface area contributed by atoms with Gasteiger partial charge in [0.1, 0.15) is 0 Å². The first kappa shape index (κ1) is 21.7. The Hall–Kier alpha value is -2.53. The Morgan fingerprint density at radius 1 is 1.26 bits per heavy atom. The summed E-state index contributed by atoms with van der Waals surface area (Å²) in [5.41, 5.74) is 2.40. The number of aromatic nitrogens is 6. The van der Waals surface area contributed by atoms with Gasteiger partial charge in [-0.3, -0.25) is 4.98 Å². The number of thioether (sulfide) groups is 1. The van der Waals surface area contributed by atoms with Crippen LogP contribution in [-0.4, -0.2) is 53.9 Å². The minimum Gasteiger partial charge on any atom is -0.366 e. The predicted octanol–water partition coefficient (Wildman–Crippen LogP) is 3.63. The van der Waals surface area contributed by atoms with Gasteiger partial charge in [-0.05, 0) is 43.6 Å². The average molecular weight is 458 g/mol. The number of nitrogens with zero attached hydrogens (tertiary/aromatic N) is 6. The fraction of sp³-hybridized carbons (Fsp3) is 0.500. The molecule has 1 aliphatic rings. The van der Waals surface area contributed by atoms with Gasteiger partial charge in [-0.15, -0.1) is 5.10 Å². The van der Waals surface area contributed by atoms with Gasteiger partial charge in [0.25, 0.3) is 0 Å². The summed E-state index contributed by atoms with van der Waals surface area (Å²) in [6, 6.07) is 4.16. The summed E-state index contributed by atoms with van der Waals surface area (Å²) in [6.07, 6.45) is 9.26. The molecule has 0 bridgehead atoms. The van der Waals surface area contributed by atoms with Crippen LogP contribution in [0.15, 0.2) is 29.7 Å². The van der Waals surface area contributed by atoms with Crippen molar-refractivity contribution >= 4 is 51.8 Å². The zero-order chi connectivity index (χ0) is 21.5. The van der Waals surface area contributed by atoms with Crippen molar-refractivity contribution in [2.45, 2.75) is 50.2 Å². The highest BCUT2D eigenvalue weighted by Gasteiger charge is 2.23. The molecule has 1 saturated carbocycles. The van der Waals surface area contributed by atoms with Gasteiger partial charge in [0.05, 0.1) is 17.9 Å². The third-order valence-corrected chi connectivity index (χ3v) is 6.33. The normalized spacial score (nSPS) is 14.1.